The maximum atomic E-state index is 12.2. The van der Waals surface area contributed by atoms with Crippen molar-refractivity contribution in [2.75, 3.05) is 16.6 Å². The third-order valence-corrected chi connectivity index (χ3v) is 4.55. The second-order valence-electron chi connectivity index (χ2n) is 4.67. The Bertz CT molecular complexity index is 719. The average molecular weight is 277 g/mol. The van der Waals surface area contributed by atoms with E-state index >= 15 is 0 Å². The van der Waals surface area contributed by atoms with E-state index in [1.54, 1.807) is 36.1 Å². The normalized spacial score (nSPS) is 13.9. The van der Waals surface area contributed by atoms with Crippen molar-refractivity contribution in [3.63, 3.8) is 0 Å². The van der Waals surface area contributed by atoms with Gasteiger partial charge in [0.05, 0.1) is 0 Å². The van der Waals surface area contributed by atoms with Crippen LogP contribution in [0.4, 0.5) is 11.4 Å². The highest BCUT2D eigenvalue weighted by Gasteiger charge is 2.17. The second-order valence-corrected chi connectivity index (χ2v) is 6.35. The summed E-state index contributed by atoms with van der Waals surface area (Å²) in [6.45, 7) is 0.907. The van der Waals surface area contributed by atoms with Crippen LogP contribution in [0.1, 0.15) is 5.56 Å². The molecular formula is C13H15N3O2S. The van der Waals surface area contributed by atoms with E-state index in [-0.39, 0.29) is 4.90 Å². The van der Waals surface area contributed by atoms with Gasteiger partial charge in [-0.2, -0.15) is 0 Å². The molecule has 1 aliphatic rings. The number of aryl methyl sites for hydroxylation is 1. The van der Waals surface area contributed by atoms with Gasteiger partial charge in [0, 0.05) is 37.4 Å². The zero-order chi connectivity index (χ0) is 13.5. The van der Waals surface area contributed by atoms with Crippen molar-refractivity contribution in [3.05, 3.63) is 42.2 Å². The van der Waals surface area contributed by atoms with Gasteiger partial charge in [0.25, 0.3) is 10.0 Å². The van der Waals surface area contributed by atoms with Gasteiger partial charge >= 0.3 is 0 Å². The Hall–Kier alpha value is -1.95. The van der Waals surface area contributed by atoms with Gasteiger partial charge in [-0.15, -0.1) is 0 Å². The van der Waals surface area contributed by atoms with Gasteiger partial charge in [-0.05, 0) is 36.2 Å². The lowest BCUT2D eigenvalue weighted by Gasteiger charge is -2.08. The first-order valence-electron chi connectivity index (χ1n) is 6.06. The molecule has 0 spiro atoms. The van der Waals surface area contributed by atoms with E-state index in [1.165, 1.54) is 0 Å². The topological polar surface area (TPSA) is 63.1 Å². The molecule has 0 atom stereocenters. The number of rotatable bonds is 3. The summed E-state index contributed by atoms with van der Waals surface area (Å²) >= 11 is 0. The zero-order valence-electron chi connectivity index (χ0n) is 10.6. The Labute approximate surface area is 112 Å². The molecule has 1 aromatic heterocycles. The Morgan fingerprint density at radius 2 is 2.16 bits per heavy atom. The molecule has 2 aromatic rings. The predicted octanol–water partition coefficient (Wildman–Crippen LogP) is 1.79. The largest absolute Gasteiger partial charge is 0.384 e. The minimum absolute atomic E-state index is 0.272. The van der Waals surface area contributed by atoms with Crippen LogP contribution in [0.3, 0.4) is 0 Å². The van der Waals surface area contributed by atoms with E-state index in [1.807, 2.05) is 12.1 Å². The highest BCUT2D eigenvalue weighted by molar-refractivity contribution is 7.92. The molecule has 0 fully saturated rings. The highest BCUT2D eigenvalue weighted by atomic mass is 32.2. The third kappa shape index (κ3) is 2.31. The van der Waals surface area contributed by atoms with Crippen LogP contribution in [0.25, 0.3) is 0 Å². The molecule has 0 bridgehead atoms. The van der Waals surface area contributed by atoms with Crippen molar-refractivity contribution >= 4 is 21.4 Å². The van der Waals surface area contributed by atoms with E-state index < -0.39 is 10.0 Å². The molecule has 0 amide bonds. The van der Waals surface area contributed by atoms with E-state index in [0.717, 1.165) is 24.2 Å². The number of anilines is 2. The fourth-order valence-corrected chi connectivity index (χ4v) is 3.32. The summed E-state index contributed by atoms with van der Waals surface area (Å²) in [5, 5.41) is 3.24. The summed E-state index contributed by atoms with van der Waals surface area (Å²) < 4.78 is 28.7. The van der Waals surface area contributed by atoms with Gasteiger partial charge < -0.3 is 9.88 Å². The quantitative estimate of drug-likeness (QED) is 0.899. The Morgan fingerprint density at radius 3 is 2.89 bits per heavy atom. The van der Waals surface area contributed by atoms with E-state index in [2.05, 4.69) is 10.0 Å². The number of nitrogens with one attached hydrogen (secondary N) is 2. The second kappa shape index (κ2) is 4.31. The van der Waals surface area contributed by atoms with Gasteiger partial charge in [0.1, 0.15) is 4.90 Å². The zero-order valence-corrected chi connectivity index (χ0v) is 11.4. The monoisotopic (exact) mass is 277 g/mol. The molecule has 0 saturated carbocycles. The van der Waals surface area contributed by atoms with Crippen LogP contribution in [0.15, 0.2) is 41.6 Å². The van der Waals surface area contributed by atoms with Crippen LogP contribution in [0.5, 0.6) is 0 Å². The molecule has 5 nitrogen and oxygen atoms in total. The number of fused-ring (bicyclic) bond motifs is 1. The standard InChI is InChI=1S/C13H15N3O2S/c1-16-7-5-12(9-16)19(17,18)15-11-2-3-13-10(8-11)4-6-14-13/h2-3,5,7-9,14-15H,4,6H2,1H3. The van der Waals surface area contributed by atoms with Crippen LogP contribution in [-0.4, -0.2) is 19.5 Å². The molecule has 6 heteroatoms. The Morgan fingerprint density at radius 1 is 1.32 bits per heavy atom. The SMILES string of the molecule is Cn1ccc(S(=O)(=O)Nc2ccc3c(c2)CCN3)c1. The molecule has 19 heavy (non-hydrogen) atoms. The lowest BCUT2D eigenvalue weighted by atomic mass is 10.1. The average Bonchev–Trinajstić information content (AvgIpc) is 2.96. The van der Waals surface area contributed by atoms with Crippen molar-refractivity contribution in [1.29, 1.82) is 0 Å². The first-order chi connectivity index (χ1) is 9.04. The lowest BCUT2D eigenvalue weighted by Crippen LogP contribution is -2.12. The minimum Gasteiger partial charge on any atom is -0.384 e. The predicted molar refractivity (Wildman–Crippen MR) is 74.9 cm³/mol. The Balaban J connectivity index is 1.89. The fourth-order valence-electron chi connectivity index (χ4n) is 2.22. The summed E-state index contributed by atoms with van der Waals surface area (Å²) in [4.78, 5) is 0.272. The van der Waals surface area contributed by atoms with Crippen LogP contribution < -0.4 is 10.0 Å². The molecule has 100 valence electrons. The van der Waals surface area contributed by atoms with Crippen LogP contribution in [-0.2, 0) is 23.5 Å². The highest BCUT2D eigenvalue weighted by Crippen LogP contribution is 2.26. The molecule has 2 heterocycles. The molecule has 0 unspecified atom stereocenters. The molecule has 0 radical (unpaired) electrons. The number of sulfonamides is 1. The first kappa shape index (κ1) is 12.1. The van der Waals surface area contributed by atoms with Crippen molar-refractivity contribution in [1.82, 2.24) is 4.57 Å². The molecule has 0 aliphatic carbocycles. The van der Waals surface area contributed by atoms with E-state index in [4.69, 9.17) is 0 Å². The fraction of sp³-hybridized carbons (Fsp3) is 0.231. The van der Waals surface area contributed by atoms with Crippen molar-refractivity contribution < 1.29 is 8.42 Å². The number of hydrogen-bond acceptors (Lipinski definition) is 3. The van der Waals surface area contributed by atoms with E-state index in [9.17, 15) is 8.42 Å². The Kier molecular flexibility index (Phi) is 2.74. The summed E-state index contributed by atoms with van der Waals surface area (Å²) in [5.41, 5.74) is 2.84. The molecular weight excluding hydrogens is 262 g/mol. The van der Waals surface area contributed by atoms with Crippen LogP contribution in [0.2, 0.25) is 0 Å². The summed E-state index contributed by atoms with van der Waals surface area (Å²) in [5.74, 6) is 0. The number of hydrogen-bond donors (Lipinski definition) is 2. The molecule has 3 rings (SSSR count). The van der Waals surface area contributed by atoms with E-state index in [0.29, 0.717) is 5.69 Å². The molecule has 1 aliphatic heterocycles. The number of nitrogens with zero attached hydrogens (tertiary/aromatic N) is 1. The van der Waals surface area contributed by atoms with Gasteiger partial charge in [-0.1, -0.05) is 0 Å². The lowest BCUT2D eigenvalue weighted by molar-refractivity contribution is 0.601. The third-order valence-electron chi connectivity index (χ3n) is 3.18. The van der Waals surface area contributed by atoms with Gasteiger partial charge in [-0.3, -0.25) is 4.72 Å². The molecule has 2 N–H and O–H groups in total. The minimum atomic E-state index is -3.50. The van der Waals surface area contributed by atoms with Crippen LogP contribution in [0, 0.1) is 0 Å². The van der Waals surface area contributed by atoms with Crippen molar-refractivity contribution in [2.45, 2.75) is 11.3 Å². The van der Waals surface area contributed by atoms with Crippen molar-refractivity contribution in [3.8, 4) is 0 Å². The number of aromatic nitrogens is 1. The summed E-state index contributed by atoms with van der Waals surface area (Å²) in [6.07, 6.45) is 4.22. The van der Waals surface area contributed by atoms with Gasteiger partial charge in [0.15, 0.2) is 0 Å². The molecule has 0 saturated heterocycles. The first-order valence-corrected chi connectivity index (χ1v) is 7.54. The summed E-state index contributed by atoms with van der Waals surface area (Å²) in [6, 6.07) is 7.15. The van der Waals surface area contributed by atoms with Crippen molar-refractivity contribution in [2.24, 2.45) is 7.05 Å². The van der Waals surface area contributed by atoms with Gasteiger partial charge in [-0.25, -0.2) is 8.42 Å². The van der Waals surface area contributed by atoms with Gasteiger partial charge in [0.2, 0.25) is 0 Å². The molecule has 1 aromatic carbocycles. The number of benzene rings is 1. The maximum absolute atomic E-state index is 12.2. The smallest absolute Gasteiger partial charge is 0.263 e. The maximum Gasteiger partial charge on any atom is 0.263 e. The van der Waals surface area contributed by atoms with Crippen LogP contribution >= 0.6 is 0 Å². The summed E-state index contributed by atoms with van der Waals surface area (Å²) in [7, 11) is -1.71.